The average molecular weight is 493 g/mol. The van der Waals surface area contributed by atoms with Crippen LogP contribution in [0.2, 0.25) is 0 Å². The number of anilines is 1. The first-order valence-electron chi connectivity index (χ1n) is 11.6. The highest BCUT2D eigenvalue weighted by atomic mass is 19.1. The second kappa shape index (κ2) is 10.2. The first-order valence-corrected chi connectivity index (χ1v) is 11.6. The number of nitrogens with one attached hydrogen (secondary N) is 1. The summed E-state index contributed by atoms with van der Waals surface area (Å²) >= 11 is 0. The molecule has 0 spiro atoms. The van der Waals surface area contributed by atoms with Crippen LogP contribution in [0.1, 0.15) is 22.0 Å². The molecule has 1 N–H and O–H groups in total. The Morgan fingerprint density at radius 1 is 1.00 bits per heavy atom. The van der Waals surface area contributed by atoms with E-state index in [1.807, 2.05) is 18.2 Å². The maximum Gasteiger partial charge on any atom is 0.270 e. The summed E-state index contributed by atoms with van der Waals surface area (Å²) in [7, 11) is 0. The number of amides is 1. The molecule has 0 saturated carbocycles. The number of fused-ring (bicyclic) bond motifs is 1. The molecule has 0 aliphatic carbocycles. The normalized spacial score (nSPS) is 16.0. The van der Waals surface area contributed by atoms with Crippen molar-refractivity contribution in [1.29, 1.82) is 0 Å². The van der Waals surface area contributed by atoms with E-state index < -0.39 is 4.92 Å². The first kappa shape index (κ1) is 23.6. The van der Waals surface area contributed by atoms with E-state index in [9.17, 15) is 19.3 Å². The average Bonchev–Trinajstić information content (AvgIpc) is 3.38. The quantitative estimate of drug-likeness (QED) is 0.396. The van der Waals surface area contributed by atoms with E-state index in [1.165, 1.54) is 30.3 Å². The third-order valence-electron chi connectivity index (χ3n) is 6.50. The van der Waals surface area contributed by atoms with Crippen LogP contribution < -0.4 is 19.7 Å². The van der Waals surface area contributed by atoms with E-state index in [1.54, 1.807) is 18.2 Å². The maximum atomic E-state index is 13.3. The molecule has 0 radical (unpaired) electrons. The molecule has 2 heterocycles. The Balaban J connectivity index is 1.32. The van der Waals surface area contributed by atoms with Crippen molar-refractivity contribution in [2.24, 2.45) is 0 Å². The van der Waals surface area contributed by atoms with Crippen LogP contribution in [-0.2, 0) is 0 Å². The van der Waals surface area contributed by atoms with Gasteiger partial charge in [-0.15, -0.1) is 0 Å². The Morgan fingerprint density at radius 2 is 1.75 bits per heavy atom. The van der Waals surface area contributed by atoms with Crippen molar-refractivity contribution < 1.29 is 23.6 Å². The van der Waals surface area contributed by atoms with Crippen molar-refractivity contribution in [3.05, 3.63) is 93.8 Å². The molecule has 5 rings (SSSR count). The highest BCUT2D eigenvalue weighted by Gasteiger charge is 2.28. The second-order valence-corrected chi connectivity index (χ2v) is 8.65. The lowest BCUT2D eigenvalue weighted by Gasteiger charge is -2.40. The molecule has 3 aromatic rings. The van der Waals surface area contributed by atoms with Crippen LogP contribution in [0.25, 0.3) is 0 Å². The van der Waals surface area contributed by atoms with Crippen LogP contribution in [0.15, 0.2) is 66.7 Å². The number of benzene rings is 3. The van der Waals surface area contributed by atoms with Gasteiger partial charge in [0.15, 0.2) is 11.5 Å². The van der Waals surface area contributed by atoms with Gasteiger partial charge in [-0.25, -0.2) is 4.39 Å². The summed E-state index contributed by atoms with van der Waals surface area (Å²) in [5, 5.41) is 14.0. The van der Waals surface area contributed by atoms with Crippen molar-refractivity contribution in [3.63, 3.8) is 0 Å². The number of carbonyl (C=O) groups excluding carboxylic acids is 1. The summed E-state index contributed by atoms with van der Waals surface area (Å²) in [6, 6.07) is 17.7. The lowest BCUT2D eigenvalue weighted by Crippen LogP contribution is -2.50. The molecule has 0 aromatic heterocycles. The molecule has 1 fully saturated rings. The number of hydrogen-bond acceptors (Lipinski definition) is 7. The van der Waals surface area contributed by atoms with Crippen molar-refractivity contribution in [2.45, 2.75) is 6.04 Å². The number of nitrogens with zero attached hydrogens (tertiary/aromatic N) is 3. The smallest absolute Gasteiger partial charge is 0.270 e. The number of nitro benzene ring substituents is 1. The summed E-state index contributed by atoms with van der Waals surface area (Å²) < 4.78 is 24.3. The number of ether oxygens (including phenoxy) is 2. The lowest BCUT2D eigenvalue weighted by atomic mass is 10.0. The zero-order valence-electron chi connectivity index (χ0n) is 19.4. The van der Waals surface area contributed by atoms with Crippen LogP contribution in [0.3, 0.4) is 0 Å². The van der Waals surface area contributed by atoms with Crippen LogP contribution in [0.4, 0.5) is 15.8 Å². The molecule has 0 bridgehead atoms. The van der Waals surface area contributed by atoms with E-state index in [-0.39, 0.29) is 35.8 Å². The van der Waals surface area contributed by atoms with Crippen molar-refractivity contribution in [3.8, 4) is 11.5 Å². The van der Waals surface area contributed by atoms with Gasteiger partial charge in [0.2, 0.25) is 6.79 Å². The highest BCUT2D eigenvalue weighted by molar-refractivity contribution is 5.94. The van der Waals surface area contributed by atoms with E-state index in [4.69, 9.17) is 9.47 Å². The van der Waals surface area contributed by atoms with Gasteiger partial charge in [-0.2, -0.15) is 0 Å². The van der Waals surface area contributed by atoms with Gasteiger partial charge in [0, 0.05) is 56.1 Å². The van der Waals surface area contributed by atoms with Gasteiger partial charge < -0.3 is 19.7 Å². The highest BCUT2D eigenvalue weighted by Crippen LogP contribution is 2.36. The van der Waals surface area contributed by atoms with Gasteiger partial charge in [-0.3, -0.25) is 19.8 Å². The third-order valence-corrected chi connectivity index (χ3v) is 6.50. The number of non-ortho nitro benzene ring substituents is 1. The lowest BCUT2D eigenvalue weighted by molar-refractivity contribution is -0.384. The predicted octanol–water partition coefficient (Wildman–Crippen LogP) is 3.76. The molecule has 0 unspecified atom stereocenters. The van der Waals surface area contributed by atoms with E-state index in [0.29, 0.717) is 18.0 Å². The molecule has 1 atom stereocenters. The fourth-order valence-electron chi connectivity index (χ4n) is 4.57. The minimum absolute atomic E-state index is 0.133. The van der Waals surface area contributed by atoms with E-state index >= 15 is 0 Å². The minimum Gasteiger partial charge on any atom is -0.454 e. The van der Waals surface area contributed by atoms with Crippen LogP contribution >= 0.6 is 0 Å². The fourth-order valence-corrected chi connectivity index (χ4v) is 4.57. The summed E-state index contributed by atoms with van der Waals surface area (Å²) in [5.74, 6) is 0.695. The molecule has 36 heavy (non-hydrogen) atoms. The van der Waals surface area contributed by atoms with Gasteiger partial charge in [0.1, 0.15) is 5.82 Å². The number of hydrogen-bond donors (Lipinski definition) is 1. The molecular weight excluding hydrogens is 467 g/mol. The van der Waals surface area contributed by atoms with Crippen LogP contribution in [0, 0.1) is 15.9 Å². The number of rotatable bonds is 7. The standard InChI is InChI=1S/C26H25FN4O5/c27-20-5-7-21(8-6-20)29-10-12-30(13-11-29)23(18-4-9-24-25(15-18)36-17-35-24)16-28-26(32)19-2-1-3-22(14-19)31(33)34/h1-9,14-15,23H,10-13,16-17H2,(H,28,32)/t23-/m1/s1. The van der Waals surface area contributed by atoms with Gasteiger partial charge in [-0.05, 0) is 48.0 Å². The van der Waals surface area contributed by atoms with Crippen LogP contribution in [-0.4, -0.2) is 55.2 Å². The fraction of sp³-hybridized carbons (Fsp3) is 0.269. The Morgan fingerprint density at radius 3 is 2.50 bits per heavy atom. The molecular formula is C26H25FN4O5. The van der Waals surface area contributed by atoms with Gasteiger partial charge in [0.25, 0.3) is 11.6 Å². The molecule has 1 amide bonds. The first-order chi connectivity index (χ1) is 17.5. The summed E-state index contributed by atoms with van der Waals surface area (Å²) in [4.78, 5) is 27.9. The Bertz CT molecular complexity index is 1260. The summed E-state index contributed by atoms with van der Waals surface area (Å²) in [6.45, 7) is 3.41. The van der Waals surface area contributed by atoms with Crippen molar-refractivity contribution >= 4 is 17.3 Å². The predicted molar refractivity (Wildman–Crippen MR) is 131 cm³/mol. The topological polar surface area (TPSA) is 97.2 Å². The van der Waals surface area contributed by atoms with Crippen molar-refractivity contribution in [2.75, 3.05) is 44.4 Å². The van der Waals surface area contributed by atoms with Crippen LogP contribution in [0.5, 0.6) is 11.5 Å². The molecule has 1 saturated heterocycles. The monoisotopic (exact) mass is 492 g/mol. The van der Waals surface area contributed by atoms with Gasteiger partial charge in [-0.1, -0.05) is 12.1 Å². The largest absolute Gasteiger partial charge is 0.454 e. The Hall–Kier alpha value is -4.18. The third kappa shape index (κ3) is 5.08. The number of halogens is 1. The van der Waals surface area contributed by atoms with Gasteiger partial charge in [0.05, 0.1) is 11.0 Å². The molecule has 186 valence electrons. The summed E-state index contributed by atoms with van der Waals surface area (Å²) in [6.07, 6.45) is 0. The molecule has 10 heteroatoms. The summed E-state index contributed by atoms with van der Waals surface area (Å²) in [5.41, 5.74) is 2.03. The minimum atomic E-state index is -0.521. The number of nitro groups is 1. The Labute approximate surface area is 207 Å². The maximum absolute atomic E-state index is 13.3. The number of piperazine rings is 1. The molecule has 9 nitrogen and oxygen atoms in total. The molecule has 2 aliphatic heterocycles. The van der Waals surface area contributed by atoms with Crippen molar-refractivity contribution in [1.82, 2.24) is 10.2 Å². The zero-order valence-corrected chi connectivity index (χ0v) is 19.4. The Kier molecular flexibility index (Phi) is 6.68. The number of carbonyl (C=O) groups is 1. The zero-order chi connectivity index (χ0) is 25.1. The van der Waals surface area contributed by atoms with E-state index in [2.05, 4.69) is 15.1 Å². The second-order valence-electron chi connectivity index (χ2n) is 8.65. The van der Waals surface area contributed by atoms with E-state index in [0.717, 1.165) is 37.4 Å². The molecule has 2 aliphatic rings. The SMILES string of the molecule is O=C(NC[C@H](c1ccc2c(c1)OCO2)N1CCN(c2ccc(F)cc2)CC1)c1cccc([N+](=O)[O-])c1. The molecule has 3 aromatic carbocycles. The van der Waals surface area contributed by atoms with Gasteiger partial charge >= 0.3 is 0 Å².